The molecule has 2 fully saturated rings. The molecule has 1 saturated heterocycles. The smallest absolute Gasteiger partial charge is 0.161 e. The van der Waals surface area contributed by atoms with Gasteiger partial charge in [-0.3, -0.25) is 4.90 Å². The summed E-state index contributed by atoms with van der Waals surface area (Å²) >= 11 is 2.36. The van der Waals surface area contributed by atoms with E-state index in [1.165, 1.54) is 22.1 Å². The first-order valence-corrected chi connectivity index (χ1v) is 8.39. The van der Waals surface area contributed by atoms with E-state index < -0.39 is 0 Å². The zero-order valence-corrected chi connectivity index (χ0v) is 14.2. The van der Waals surface area contributed by atoms with Crippen LogP contribution in [-0.4, -0.2) is 48.2 Å². The lowest BCUT2D eigenvalue weighted by Crippen LogP contribution is -2.38. The maximum Gasteiger partial charge on any atom is 0.161 e. The number of halogens is 1. The summed E-state index contributed by atoms with van der Waals surface area (Å²) in [4.78, 5) is 11.9. The van der Waals surface area contributed by atoms with Gasteiger partial charge in [0.25, 0.3) is 0 Å². The molecule has 110 valence electrons. The Balaban J connectivity index is 1.90. The van der Waals surface area contributed by atoms with E-state index in [1.807, 2.05) is 7.05 Å². The Morgan fingerprint density at radius 3 is 2.85 bits per heavy atom. The van der Waals surface area contributed by atoms with Crippen LogP contribution in [0.15, 0.2) is 0 Å². The minimum atomic E-state index is 0.00491. The Morgan fingerprint density at radius 1 is 1.40 bits per heavy atom. The fourth-order valence-corrected chi connectivity index (χ4v) is 3.52. The summed E-state index contributed by atoms with van der Waals surface area (Å²) in [5.74, 6) is 2.41. The standard InChI is InChI=1S/C14H21IN4O/c1-3-19-6-7-20-10(8-19)13-17-12(9-4-5-9)11(15)14(16-2)18-13/h9-10H,3-8H2,1-2H3,(H,16,17,18). The molecule has 0 aromatic carbocycles. The van der Waals surface area contributed by atoms with E-state index in [2.05, 4.69) is 44.7 Å². The normalized spacial score (nSPS) is 23.9. The van der Waals surface area contributed by atoms with Gasteiger partial charge in [-0.15, -0.1) is 0 Å². The molecule has 0 amide bonds. The van der Waals surface area contributed by atoms with Gasteiger partial charge in [-0.05, 0) is 42.0 Å². The lowest BCUT2D eigenvalue weighted by molar-refractivity contribution is -0.0326. The van der Waals surface area contributed by atoms with Gasteiger partial charge in [-0.2, -0.15) is 0 Å². The van der Waals surface area contributed by atoms with Gasteiger partial charge in [-0.1, -0.05) is 6.92 Å². The molecule has 0 spiro atoms. The molecular formula is C14H21IN4O. The van der Waals surface area contributed by atoms with Crippen molar-refractivity contribution in [2.75, 3.05) is 38.6 Å². The second-order valence-corrected chi connectivity index (χ2v) is 6.49. The second-order valence-electron chi connectivity index (χ2n) is 5.41. The van der Waals surface area contributed by atoms with Crippen molar-refractivity contribution in [2.24, 2.45) is 0 Å². The maximum atomic E-state index is 5.89. The number of morpholine rings is 1. The van der Waals surface area contributed by atoms with Crippen LogP contribution in [0.5, 0.6) is 0 Å². The van der Waals surface area contributed by atoms with Crippen LogP contribution in [0, 0.1) is 3.57 Å². The zero-order chi connectivity index (χ0) is 14.1. The third-order valence-corrected chi connectivity index (χ3v) is 5.04. The van der Waals surface area contributed by atoms with Crippen molar-refractivity contribution in [1.82, 2.24) is 14.9 Å². The number of hydrogen-bond donors (Lipinski definition) is 1. The molecule has 1 atom stereocenters. The summed E-state index contributed by atoms with van der Waals surface area (Å²) in [5.41, 5.74) is 1.21. The summed E-state index contributed by atoms with van der Waals surface area (Å²) in [6.07, 6.45) is 2.51. The molecule has 3 rings (SSSR count). The van der Waals surface area contributed by atoms with Crippen molar-refractivity contribution in [2.45, 2.75) is 31.8 Å². The molecule has 5 nitrogen and oxygen atoms in total. The Kier molecular flexibility index (Phi) is 4.42. The van der Waals surface area contributed by atoms with Gasteiger partial charge in [0.1, 0.15) is 11.9 Å². The van der Waals surface area contributed by atoms with Gasteiger partial charge in [-0.25, -0.2) is 9.97 Å². The molecule has 2 aliphatic rings. The number of rotatable bonds is 4. The Labute approximate surface area is 133 Å². The summed E-state index contributed by atoms with van der Waals surface area (Å²) in [6, 6.07) is 0. The van der Waals surface area contributed by atoms with E-state index in [0.29, 0.717) is 5.92 Å². The van der Waals surface area contributed by atoms with Crippen LogP contribution in [-0.2, 0) is 4.74 Å². The van der Waals surface area contributed by atoms with Crippen molar-refractivity contribution in [1.29, 1.82) is 0 Å². The highest BCUT2D eigenvalue weighted by Crippen LogP contribution is 2.42. The van der Waals surface area contributed by atoms with Crippen molar-refractivity contribution >= 4 is 28.4 Å². The summed E-state index contributed by atoms with van der Waals surface area (Å²) in [5, 5.41) is 3.20. The molecule has 1 saturated carbocycles. The fourth-order valence-electron chi connectivity index (χ4n) is 2.57. The summed E-state index contributed by atoms with van der Waals surface area (Å²) in [6.45, 7) is 5.90. The van der Waals surface area contributed by atoms with Crippen LogP contribution >= 0.6 is 22.6 Å². The lowest BCUT2D eigenvalue weighted by Gasteiger charge is -2.31. The SMILES string of the molecule is CCN1CCOC(c2nc(NC)c(I)c(C3CC3)n2)C1. The molecule has 1 aliphatic carbocycles. The highest BCUT2D eigenvalue weighted by Gasteiger charge is 2.31. The third-order valence-electron chi connectivity index (χ3n) is 3.98. The number of anilines is 1. The van der Waals surface area contributed by atoms with Gasteiger partial charge in [0, 0.05) is 26.1 Å². The van der Waals surface area contributed by atoms with E-state index in [9.17, 15) is 0 Å². The zero-order valence-electron chi connectivity index (χ0n) is 12.0. The first kappa shape index (κ1) is 14.5. The van der Waals surface area contributed by atoms with Gasteiger partial charge >= 0.3 is 0 Å². The van der Waals surface area contributed by atoms with E-state index in [-0.39, 0.29) is 6.10 Å². The largest absolute Gasteiger partial charge is 0.372 e. The van der Waals surface area contributed by atoms with Crippen LogP contribution in [0.1, 0.15) is 43.3 Å². The van der Waals surface area contributed by atoms with Crippen molar-refractivity contribution in [3.8, 4) is 0 Å². The van der Waals surface area contributed by atoms with Crippen molar-refractivity contribution in [3.05, 3.63) is 15.1 Å². The average molecular weight is 388 g/mol. The number of ether oxygens (including phenoxy) is 1. The summed E-state index contributed by atoms with van der Waals surface area (Å²) < 4.78 is 7.06. The number of hydrogen-bond acceptors (Lipinski definition) is 5. The molecule has 1 aliphatic heterocycles. The number of likely N-dealkylation sites (N-methyl/N-ethyl adjacent to an activating group) is 1. The highest BCUT2D eigenvalue weighted by atomic mass is 127. The maximum absolute atomic E-state index is 5.89. The molecule has 0 bridgehead atoms. The van der Waals surface area contributed by atoms with Crippen LogP contribution in [0.4, 0.5) is 5.82 Å². The van der Waals surface area contributed by atoms with Crippen LogP contribution in [0.2, 0.25) is 0 Å². The Morgan fingerprint density at radius 2 is 2.20 bits per heavy atom. The predicted molar refractivity (Wildman–Crippen MR) is 87.1 cm³/mol. The average Bonchev–Trinajstić information content (AvgIpc) is 3.32. The molecule has 1 aromatic rings. The van der Waals surface area contributed by atoms with Gasteiger partial charge in [0.2, 0.25) is 0 Å². The van der Waals surface area contributed by atoms with E-state index in [1.54, 1.807) is 0 Å². The van der Waals surface area contributed by atoms with Crippen LogP contribution in [0.25, 0.3) is 0 Å². The first-order valence-electron chi connectivity index (χ1n) is 7.32. The minimum Gasteiger partial charge on any atom is -0.372 e. The molecule has 20 heavy (non-hydrogen) atoms. The third kappa shape index (κ3) is 2.92. The van der Waals surface area contributed by atoms with E-state index in [4.69, 9.17) is 9.72 Å². The highest BCUT2D eigenvalue weighted by molar-refractivity contribution is 14.1. The fraction of sp³-hybridized carbons (Fsp3) is 0.714. The molecule has 1 unspecified atom stereocenters. The predicted octanol–water partition coefficient (Wildman–Crippen LogP) is 2.39. The van der Waals surface area contributed by atoms with Gasteiger partial charge < -0.3 is 10.1 Å². The minimum absolute atomic E-state index is 0.00491. The lowest BCUT2D eigenvalue weighted by atomic mass is 10.2. The van der Waals surface area contributed by atoms with Crippen LogP contribution in [0.3, 0.4) is 0 Å². The molecule has 6 heteroatoms. The van der Waals surface area contributed by atoms with Crippen LogP contribution < -0.4 is 5.32 Å². The van der Waals surface area contributed by atoms with E-state index >= 15 is 0 Å². The van der Waals surface area contributed by atoms with Gasteiger partial charge in [0.15, 0.2) is 5.82 Å². The molecule has 1 N–H and O–H groups in total. The summed E-state index contributed by atoms with van der Waals surface area (Å²) in [7, 11) is 1.92. The molecule has 0 radical (unpaired) electrons. The molecule has 2 heterocycles. The van der Waals surface area contributed by atoms with Crippen molar-refractivity contribution < 1.29 is 4.74 Å². The quantitative estimate of drug-likeness (QED) is 0.803. The van der Waals surface area contributed by atoms with Crippen molar-refractivity contribution in [3.63, 3.8) is 0 Å². The van der Waals surface area contributed by atoms with Gasteiger partial charge in [0.05, 0.1) is 15.9 Å². The monoisotopic (exact) mass is 388 g/mol. The Bertz CT molecular complexity index is 492. The first-order chi connectivity index (χ1) is 9.72. The number of aromatic nitrogens is 2. The topological polar surface area (TPSA) is 50.3 Å². The molecule has 1 aromatic heterocycles. The second kappa shape index (κ2) is 6.11. The van der Waals surface area contributed by atoms with E-state index in [0.717, 1.165) is 37.9 Å². The molecular weight excluding hydrogens is 367 g/mol. The Hall–Kier alpha value is -0.470. The number of nitrogens with zero attached hydrogens (tertiary/aromatic N) is 3. The number of nitrogens with one attached hydrogen (secondary N) is 1.